The van der Waals surface area contributed by atoms with Crippen LogP contribution in [0.25, 0.3) is 0 Å². The van der Waals surface area contributed by atoms with Crippen LogP contribution in [0.2, 0.25) is 0 Å². The van der Waals surface area contributed by atoms with Crippen molar-refractivity contribution in [2.75, 3.05) is 0 Å². The third-order valence-electron chi connectivity index (χ3n) is 1.51. The Morgan fingerprint density at radius 3 is 2.55 bits per heavy atom. The van der Waals surface area contributed by atoms with Gasteiger partial charge in [-0.15, -0.1) is 5.10 Å². The quantitative estimate of drug-likeness (QED) is 0.595. The highest BCUT2D eigenvalue weighted by Gasteiger charge is 2.12. The topological polar surface area (TPSA) is 54.5 Å². The fraction of sp³-hybridized carbons (Fsp3) is 0.571. The monoisotopic (exact) mass is 150 g/mol. The molecule has 0 aromatic carbocycles. The zero-order valence-electron chi connectivity index (χ0n) is 6.87. The van der Waals surface area contributed by atoms with E-state index in [1.807, 2.05) is 13.8 Å². The number of aryl methyl sites for hydroxylation is 1. The van der Waals surface area contributed by atoms with Crippen molar-refractivity contribution in [3.63, 3.8) is 0 Å². The molecule has 58 valence electrons. The molecule has 1 aromatic rings. The Bertz CT molecular complexity index is 292. The van der Waals surface area contributed by atoms with Gasteiger partial charge in [-0.2, -0.15) is 5.26 Å². The number of rotatable bonds is 1. The van der Waals surface area contributed by atoms with E-state index in [1.165, 1.54) is 4.68 Å². The lowest BCUT2D eigenvalue weighted by Crippen LogP contribution is -1.96. The molecule has 0 atom stereocenters. The van der Waals surface area contributed by atoms with Gasteiger partial charge in [-0.05, 0) is 0 Å². The molecule has 11 heavy (non-hydrogen) atoms. The Morgan fingerprint density at radius 1 is 1.55 bits per heavy atom. The fourth-order valence-electron chi connectivity index (χ4n) is 0.892. The maximum atomic E-state index is 8.69. The van der Waals surface area contributed by atoms with Crippen molar-refractivity contribution in [1.29, 1.82) is 5.26 Å². The summed E-state index contributed by atoms with van der Waals surface area (Å²) < 4.78 is 1.50. The first-order valence-corrected chi connectivity index (χ1v) is 3.46. The van der Waals surface area contributed by atoms with Crippen molar-refractivity contribution in [2.45, 2.75) is 19.8 Å². The molecule has 0 radical (unpaired) electrons. The van der Waals surface area contributed by atoms with Crippen molar-refractivity contribution >= 4 is 0 Å². The van der Waals surface area contributed by atoms with E-state index >= 15 is 0 Å². The van der Waals surface area contributed by atoms with Gasteiger partial charge in [0.15, 0.2) is 5.69 Å². The lowest BCUT2D eigenvalue weighted by Gasteiger charge is -1.97. The summed E-state index contributed by atoms with van der Waals surface area (Å²) >= 11 is 0. The Kier molecular flexibility index (Phi) is 1.90. The van der Waals surface area contributed by atoms with E-state index in [9.17, 15) is 0 Å². The molecule has 0 aliphatic rings. The third-order valence-corrected chi connectivity index (χ3v) is 1.51. The molecule has 0 aliphatic heterocycles. The van der Waals surface area contributed by atoms with E-state index in [1.54, 1.807) is 7.05 Å². The number of aromatic nitrogens is 3. The first-order valence-electron chi connectivity index (χ1n) is 3.46. The molecule has 0 saturated heterocycles. The second-order valence-electron chi connectivity index (χ2n) is 2.71. The molecule has 0 bridgehead atoms. The minimum absolute atomic E-state index is 0.262. The van der Waals surface area contributed by atoms with Gasteiger partial charge in [0.1, 0.15) is 11.8 Å². The number of hydrogen-bond donors (Lipinski definition) is 0. The highest BCUT2D eigenvalue weighted by molar-refractivity contribution is 5.26. The smallest absolute Gasteiger partial charge is 0.161 e. The van der Waals surface area contributed by atoms with Gasteiger partial charge in [0.2, 0.25) is 0 Å². The average Bonchev–Trinajstić information content (AvgIpc) is 2.30. The number of hydrogen-bond acceptors (Lipinski definition) is 3. The minimum atomic E-state index is 0.262. The highest BCUT2D eigenvalue weighted by Crippen LogP contribution is 2.13. The molecule has 0 spiro atoms. The molecule has 0 amide bonds. The average molecular weight is 150 g/mol. The second-order valence-corrected chi connectivity index (χ2v) is 2.71. The molecule has 1 aromatic heterocycles. The van der Waals surface area contributed by atoms with Crippen molar-refractivity contribution in [2.24, 2.45) is 7.05 Å². The van der Waals surface area contributed by atoms with Crippen LogP contribution in [0.1, 0.15) is 31.2 Å². The predicted molar refractivity (Wildman–Crippen MR) is 39.8 cm³/mol. The number of nitrogens with zero attached hydrogens (tertiary/aromatic N) is 4. The second kappa shape index (κ2) is 2.70. The first kappa shape index (κ1) is 7.73. The van der Waals surface area contributed by atoms with E-state index in [-0.39, 0.29) is 5.92 Å². The maximum absolute atomic E-state index is 8.69. The summed E-state index contributed by atoms with van der Waals surface area (Å²) in [4.78, 5) is 0. The van der Waals surface area contributed by atoms with Crippen LogP contribution in [0.5, 0.6) is 0 Å². The Hall–Kier alpha value is -1.37. The van der Waals surface area contributed by atoms with Gasteiger partial charge in [0.25, 0.3) is 0 Å². The largest absolute Gasteiger partial charge is 0.237 e. The SMILES string of the molecule is CC(C)c1nnn(C)c1C#N. The van der Waals surface area contributed by atoms with Gasteiger partial charge in [0, 0.05) is 13.0 Å². The molecule has 1 heterocycles. The zero-order valence-corrected chi connectivity index (χ0v) is 6.87. The summed E-state index contributed by atoms with van der Waals surface area (Å²) in [5.41, 5.74) is 1.33. The Morgan fingerprint density at radius 2 is 2.18 bits per heavy atom. The van der Waals surface area contributed by atoms with E-state index < -0.39 is 0 Å². The van der Waals surface area contributed by atoms with E-state index in [0.29, 0.717) is 5.69 Å². The van der Waals surface area contributed by atoms with Crippen LogP contribution in [0.15, 0.2) is 0 Å². The molecule has 0 fully saturated rings. The van der Waals surface area contributed by atoms with Crippen LogP contribution in [-0.2, 0) is 7.05 Å². The minimum Gasteiger partial charge on any atom is -0.237 e. The summed E-state index contributed by atoms with van der Waals surface area (Å²) in [6, 6.07) is 2.06. The van der Waals surface area contributed by atoms with Gasteiger partial charge in [0.05, 0.1) is 0 Å². The lowest BCUT2D eigenvalue weighted by molar-refractivity contribution is 0.704. The third kappa shape index (κ3) is 1.22. The predicted octanol–water partition coefficient (Wildman–Crippen LogP) is 0.810. The molecule has 1 rings (SSSR count). The van der Waals surface area contributed by atoms with Crippen LogP contribution in [-0.4, -0.2) is 15.0 Å². The summed E-state index contributed by atoms with van der Waals surface area (Å²) in [6.45, 7) is 3.98. The van der Waals surface area contributed by atoms with Crippen molar-refractivity contribution in [3.8, 4) is 6.07 Å². The normalized spacial score (nSPS) is 10.1. The fourth-order valence-corrected chi connectivity index (χ4v) is 0.892. The Balaban J connectivity index is 3.19. The van der Waals surface area contributed by atoms with Crippen LogP contribution in [0.4, 0.5) is 0 Å². The molecular weight excluding hydrogens is 140 g/mol. The molecule has 4 nitrogen and oxygen atoms in total. The zero-order chi connectivity index (χ0) is 8.43. The van der Waals surface area contributed by atoms with Crippen molar-refractivity contribution < 1.29 is 0 Å². The molecule has 0 saturated carbocycles. The van der Waals surface area contributed by atoms with Crippen LogP contribution < -0.4 is 0 Å². The van der Waals surface area contributed by atoms with Gasteiger partial charge in [-0.3, -0.25) is 0 Å². The van der Waals surface area contributed by atoms with Gasteiger partial charge in [-0.25, -0.2) is 4.68 Å². The highest BCUT2D eigenvalue weighted by atomic mass is 15.4. The van der Waals surface area contributed by atoms with Gasteiger partial charge in [-0.1, -0.05) is 19.1 Å². The van der Waals surface area contributed by atoms with Crippen molar-refractivity contribution in [3.05, 3.63) is 11.4 Å². The Labute approximate surface area is 65.4 Å². The maximum Gasteiger partial charge on any atom is 0.161 e. The van der Waals surface area contributed by atoms with Crippen LogP contribution in [0, 0.1) is 11.3 Å². The molecule has 0 aliphatic carbocycles. The van der Waals surface area contributed by atoms with Crippen LogP contribution >= 0.6 is 0 Å². The molecule has 0 N–H and O–H groups in total. The van der Waals surface area contributed by atoms with Gasteiger partial charge < -0.3 is 0 Å². The van der Waals surface area contributed by atoms with E-state index in [2.05, 4.69) is 16.4 Å². The summed E-state index contributed by atoms with van der Waals surface area (Å²) in [6.07, 6.45) is 0. The summed E-state index contributed by atoms with van der Waals surface area (Å²) in [5.74, 6) is 0.262. The van der Waals surface area contributed by atoms with Crippen LogP contribution in [0.3, 0.4) is 0 Å². The summed E-state index contributed by atoms with van der Waals surface area (Å²) in [5, 5.41) is 16.3. The lowest BCUT2D eigenvalue weighted by atomic mass is 10.1. The van der Waals surface area contributed by atoms with Crippen molar-refractivity contribution in [1.82, 2.24) is 15.0 Å². The molecule has 4 heteroatoms. The molecular formula is C7H10N4. The molecule has 0 unspecified atom stereocenters. The van der Waals surface area contributed by atoms with Gasteiger partial charge >= 0.3 is 0 Å². The first-order chi connectivity index (χ1) is 5.16. The summed E-state index contributed by atoms with van der Waals surface area (Å²) in [7, 11) is 1.72. The van der Waals surface area contributed by atoms with E-state index in [4.69, 9.17) is 5.26 Å². The van der Waals surface area contributed by atoms with E-state index in [0.717, 1.165) is 5.69 Å². The number of nitriles is 1. The standard InChI is InChI=1S/C7H10N4/c1-5(2)7-6(4-8)11(3)10-9-7/h5H,1-3H3.